The van der Waals surface area contributed by atoms with Gasteiger partial charge >= 0.3 is 0 Å². The van der Waals surface area contributed by atoms with Crippen molar-refractivity contribution in [2.75, 3.05) is 14.2 Å². The molecule has 0 radical (unpaired) electrons. The van der Waals surface area contributed by atoms with E-state index in [0.29, 0.717) is 11.3 Å². The van der Waals surface area contributed by atoms with Gasteiger partial charge in [0.25, 0.3) is 0 Å². The first-order valence-electron chi connectivity index (χ1n) is 7.15. The molecule has 4 nitrogen and oxygen atoms in total. The van der Waals surface area contributed by atoms with Gasteiger partial charge in [0, 0.05) is 12.5 Å². The van der Waals surface area contributed by atoms with Gasteiger partial charge in [-0.25, -0.2) is 0 Å². The number of ether oxygens (including phenoxy) is 2. The van der Waals surface area contributed by atoms with Crippen LogP contribution in [0.3, 0.4) is 0 Å². The number of rotatable bonds is 6. The lowest BCUT2D eigenvalue weighted by Crippen LogP contribution is -2.05. The van der Waals surface area contributed by atoms with Crippen LogP contribution in [0.2, 0.25) is 0 Å². The molecule has 4 heteroatoms. The van der Waals surface area contributed by atoms with Crippen molar-refractivity contribution in [1.29, 1.82) is 0 Å². The minimum Gasteiger partial charge on any atom is -0.507 e. The maximum absolute atomic E-state index is 12.4. The largest absolute Gasteiger partial charge is 0.507 e. The van der Waals surface area contributed by atoms with Crippen molar-refractivity contribution < 1.29 is 19.4 Å². The van der Waals surface area contributed by atoms with Crippen molar-refractivity contribution in [2.24, 2.45) is 0 Å². The summed E-state index contributed by atoms with van der Waals surface area (Å²) in [6.07, 6.45) is 0.958. The number of hydrogen-bond acceptors (Lipinski definition) is 4. The molecule has 0 spiro atoms. The van der Waals surface area contributed by atoms with Crippen LogP contribution in [0.4, 0.5) is 0 Å². The van der Waals surface area contributed by atoms with Gasteiger partial charge in [0.15, 0.2) is 5.78 Å². The number of Topliss-reactive ketones (excluding diaryl/α,β-unsaturated/α-hetero) is 1. The van der Waals surface area contributed by atoms with E-state index in [1.807, 2.05) is 31.2 Å². The van der Waals surface area contributed by atoms with E-state index < -0.39 is 0 Å². The van der Waals surface area contributed by atoms with Gasteiger partial charge < -0.3 is 14.6 Å². The second-order valence-electron chi connectivity index (χ2n) is 4.98. The fourth-order valence-corrected chi connectivity index (χ4v) is 2.33. The summed E-state index contributed by atoms with van der Waals surface area (Å²) in [5.41, 5.74) is 2.10. The maximum atomic E-state index is 12.4. The molecule has 0 atom stereocenters. The molecule has 2 aromatic rings. The summed E-state index contributed by atoms with van der Waals surface area (Å²) >= 11 is 0. The second kappa shape index (κ2) is 6.98. The first-order chi connectivity index (χ1) is 10.6. The van der Waals surface area contributed by atoms with Crippen molar-refractivity contribution >= 4 is 5.78 Å². The lowest BCUT2D eigenvalue weighted by Gasteiger charge is -2.11. The summed E-state index contributed by atoms with van der Waals surface area (Å²) in [6, 6.07) is 10.5. The highest BCUT2D eigenvalue weighted by Gasteiger charge is 2.15. The molecule has 1 N–H and O–H groups in total. The van der Waals surface area contributed by atoms with Gasteiger partial charge in [-0.15, -0.1) is 0 Å². The molecule has 0 amide bonds. The summed E-state index contributed by atoms with van der Waals surface area (Å²) in [5.74, 6) is 1.17. The van der Waals surface area contributed by atoms with Crippen LogP contribution < -0.4 is 9.47 Å². The third-order valence-electron chi connectivity index (χ3n) is 3.60. The average molecular weight is 300 g/mol. The summed E-state index contributed by atoms with van der Waals surface area (Å²) in [6.45, 7) is 1.98. The Balaban J connectivity index is 2.24. The number of hydrogen-bond donors (Lipinski definition) is 1. The van der Waals surface area contributed by atoms with Crippen LogP contribution in [-0.2, 0) is 12.8 Å². The van der Waals surface area contributed by atoms with Crippen LogP contribution in [0, 0.1) is 0 Å². The SMILES string of the molecule is CCc1cc(C(=O)Cc2ccc(OC)cc2)c(O)cc1OC. The zero-order chi connectivity index (χ0) is 16.1. The predicted molar refractivity (Wildman–Crippen MR) is 85.1 cm³/mol. The molecule has 0 saturated carbocycles. The third-order valence-corrected chi connectivity index (χ3v) is 3.60. The topological polar surface area (TPSA) is 55.8 Å². The molecule has 2 rings (SSSR count). The van der Waals surface area contributed by atoms with Crippen LogP contribution in [0.5, 0.6) is 17.2 Å². The van der Waals surface area contributed by atoms with E-state index in [1.165, 1.54) is 6.07 Å². The van der Waals surface area contributed by atoms with E-state index in [2.05, 4.69) is 0 Å². The van der Waals surface area contributed by atoms with Crippen molar-refractivity contribution in [3.63, 3.8) is 0 Å². The van der Waals surface area contributed by atoms with Crippen LogP contribution in [0.15, 0.2) is 36.4 Å². The molecule has 116 valence electrons. The zero-order valence-electron chi connectivity index (χ0n) is 13.1. The number of phenolic OH excluding ortho intramolecular Hbond substituents is 1. The number of methoxy groups -OCH3 is 2. The molecule has 0 saturated heterocycles. The molecule has 2 aromatic carbocycles. The Hall–Kier alpha value is -2.49. The molecule has 0 aliphatic heterocycles. The Kier molecular flexibility index (Phi) is 5.04. The number of ketones is 1. The Morgan fingerprint density at radius 3 is 2.32 bits per heavy atom. The lowest BCUT2D eigenvalue weighted by atomic mass is 9.99. The van der Waals surface area contributed by atoms with Crippen LogP contribution >= 0.6 is 0 Å². The van der Waals surface area contributed by atoms with Gasteiger partial charge in [-0.05, 0) is 35.7 Å². The average Bonchev–Trinajstić information content (AvgIpc) is 2.55. The normalized spacial score (nSPS) is 10.3. The fraction of sp³-hybridized carbons (Fsp3) is 0.278. The Morgan fingerprint density at radius 2 is 1.77 bits per heavy atom. The highest BCUT2D eigenvalue weighted by atomic mass is 16.5. The van der Waals surface area contributed by atoms with Crippen molar-refractivity contribution in [2.45, 2.75) is 19.8 Å². The van der Waals surface area contributed by atoms with Gasteiger partial charge in [-0.1, -0.05) is 19.1 Å². The van der Waals surface area contributed by atoms with Crippen molar-refractivity contribution in [1.82, 2.24) is 0 Å². The molecule has 0 aliphatic carbocycles. The molecule has 0 heterocycles. The third kappa shape index (κ3) is 3.39. The van der Waals surface area contributed by atoms with Gasteiger partial charge in [0.2, 0.25) is 0 Å². The molecule has 0 fully saturated rings. The molecular formula is C18H20O4. The lowest BCUT2D eigenvalue weighted by molar-refractivity contribution is 0.0990. The fourth-order valence-electron chi connectivity index (χ4n) is 2.33. The van der Waals surface area contributed by atoms with E-state index >= 15 is 0 Å². The van der Waals surface area contributed by atoms with Gasteiger partial charge in [-0.3, -0.25) is 4.79 Å². The smallest absolute Gasteiger partial charge is 0.170 e. The Labute approximate surface area is 130 Å². The summed E-state index contributed by atoms with van der Waals surface area (Å²) in [4.78, 5) is 12.4. The number of carbonyl (C=O) groups excluding carboxylic acids is 1. The summed E-state index contributed by atoms with van der Waals surface area (Å²) in [7, 11) is 3.15. The molecule has 0 aliphatic rings. The van der Waals surface area contributed by atoms with E-state index in [1.54, 1.807) is 20.3 Å². The number of carbonyl (C=O) groups is 1. The molecule has 22 heavy (non-hydrogen) atoms. The van der Waals surface area contributed by atoms with E-state index in [0.717, 1.165) is 23.3 Å². The molecular weight excluding hydrogens is 280 g/mol. The molecule has 0 aromatic heterocycles. The maximum Gasteiger partial charge on any atom is 0.170 e. The predicted octanol–water partition coefficient (Wildman–Crippen LogP) is 3.40. The first kappa shape index (κ1) is 15.9. The monoisotopic (exact) mass is 300 g/mol. The standard InChI is InChI=1S/C18H20O4/c1-4-13-10-15(17(20)11-18(13)22-3)16(19)9-12-5-7-14(21-2)8-6-12/h5-8,10-11,20H,4,9H2,1-3H3. The van der Waals surface area contributed by atoms with Crippen molar-refractivity contribution in [3.05, 3.63) is 53.1 Å². The highest BCUT2D eigenvalue weighted by Crippen LogP contribution is 2.29. The minimum atomic E-state index is -0.125. The van der Waals surface area contributed by atoms with E-state index in [-0.39, 0.29) is 18.0 Å². The highest BCUT2D eigenvalue weighted by molar-refractivity contribution is 6.00. The van der Waals surface area contributed by atoms with Crippen LogP contribution in [-0.4, -0.2) is 25.1 Å². The van der Waals surface area contributed by atoms with Gasteiger partial charge in [0.05, 0.1) is 19.8 Å². The second-order valence-corrected chi connectivity index (χ2v) is 4.98. The Morgan fingerprint density at radius 1 is 1.09 bits per heavy atom. The molecule has 0 bridgehead atoms. The minimum absolute atomic E-state index is 0.0486. The summed E-state index contributed by atoms with van der Waals surface area (Å²) < 4.78 is 10.3. The van der Waals surface area contributed by atoms with Crippen LogP contribution in [0.25, 0.3) is 0 Å². The Bertz CT molecular complexity index is 660. The molecule has 0 unspecified atom stereocenters. The van der Waals surface area contributed by atoms with Gasteiger partial charge in [0.1, 0.15) is 17.2 Å². The number of benzene rings is 2. The van der Waals surface area contributed by atoms with E-state index in [9.17, 15) is 9.90 Å². The first-order valence-corrected chi connectivity index (χ1v) is 7.15. The van der Waals surface area contributed by atoms with Crippen LogP contribution in [0.1, 0.15) is 28.4 Å². The zero-order valence-corrected chi connectivity index (χ0v) is 13.1. The van der Waals surface area contributed by atoms with Gasteiger partial charge in [-0.2, -0.15) is 0 Å². The van der Waals surface area contributed by atoms with Crippen molar-refractivity contribution in [3.8, 4) is 17.2 Å². The number of aromatic hydroxyl groups is 1. The summed E-state index contributed by atoms with van der Waals surface area (Å²) in [5, 5.41) is 10.1. The number of aryl methyl sites for hydroxylation is 1. The quantitative estimate of drug-likeness (QED) is 0.831. The van der Waals surface area contributed by atoms with E-state index in [4.69, 9.17) is 9.47 Å². The number of phenols is 1.